The molecule has 2 N–H and O–H groups in total. The van der Waals surface area contributed by atoms with Gasteiger partial charge in [0.15, 0.2) is 17.6 Å². The molecule has 1 aromatic rings. The summed E-state index contributed by atoms with van der Waals surface area (Å²) in [4.78, 5) is 4.04. The van der Waals surface area contributed by atoms with Crippen molar-refractivity contribution in [3.63, 3.8) is 0 Å². The molecule has 30 heavy (non-hydrogen) atoms. The summed E-state index contributed by atoms with van der Waals surface area (Å²) in [6.45, 7) is 1.71. The summed E-state index contributed by atoms with van der Waals surface area (Å²) in [6, 6.07) is 3.18. The van der Waals surface area contributed by atoms with E-state index in [2.05, 4.69) is 15.6 Å². The van der Waals surface area contributed by atoms with E-state index in [9.17, 15) is 30.4 Å². The molecule has 0 amide bonds. The van der Waals surface area contributed by atoms with Crippen LogP contribution in [0.5, 0.6) is 0 Å². The topological polar surface area (TPSA) is 73.8 Å². The zero-order valence-corrected chi connectivity index (χ0v) is 19.5. The Bertz CT molecular complexity index is 843. The SMILES string of the molecule is CN=C(NCC1CCN(S(=O)(=O)C(F)(F)F)CC1)NC(C)c1ccc(F)c(F)c1.I. The van der Waals surface area contributed by atoms with E-state index < -0.39 is 27.2 Å². The van der Waals surface area contributed by atoms with Crippen molar-refractivity contribution in [2.45, 2.75) is 31.3 Å². The fourth-order valence-corrected chi connectivity index (χ4v) is 3.99. The number of alkyl halides is 3. The second-order valence-corrected chi connectivity index (χ2v) is 8.72. The number of sulfonamides is 1. The average Bonchev–Trinajstić information content (AvgIpc) is 2.66. The van der Waals surface area contributed by atoms with E-state index in [-0.39, 0.29) is 61.9 Å². The first-order valence-electron chi connectivity index (χ1n) is 8.94. The minimum Gasteiger partial charge on any atom is -0.356 e. The van der Waals surface area contributed by atoms with Crippen LogP contribution in [0.2, 0.25) is 0 Å². The standard InChI is InChI=1S/C17H23F5N4O2S.HI/c1-11(13-3-4-14(18)15(19)9-13)25-16(23-2)24-10-12-5-7-26(8-6-12)29(27,28)17(20,21)22;/h3-4,9,11-12H,5-8,10H2,1-2H3,(H2,23,24,25);1H. The van der Waals surface area contributed by atoms with Gasteiger partial charge in [-0.3, -0.25) is 4.99 Å². The number of nitrogens with one attached hydrogen (secondary N) is 2. The highest BCUT2D eigenvalue weighted by molar-refractivity contribution is 14.0. The highest BCUT2D eigenvalue weighted by Gasteiger charge is 2.50. The van der Waals surface area contributed by atoms with Gasteiger partial charge in [-0.05, 0) is 43.4 Å². The van der Waals surface area contributed by atoms with Crippen molar-refractivity contribution >= 4 is 40.0 Å². The van der Waals surface area contributed by atoms with Gasteiger partial charge in [0.2, 0.25) is 0 Å². The predicted molar refractivity (Wildman–Crippen MR) is 114 cm³/mol. The fraction of sp³-hybridized carbons (Fsp3) is 0.588. The van der Waals surface area contributed by atoms with Crippen molar-refractivity contribution in [1.82, 2.24) is 14.9 Å². The molecule has 1 aliphatic heterocycles. The molecule has 1 saturated heterocycles. The third-order valence-electron chi connectivity index (χ3n) is 4.78. The second kappa shape index (κ2) is 10.9. The molecule has 0 spiro atoms. The Morgan fingerprint density at radius 1 is 1.23 bits per heavy atom. The van der Waals surface area contributed by atoms with E-state index in [0.29, 0.717) is 22.4 Å². The highest BCUT2D eigenvalue weighted by atomic mass is 127. The van der Waals surface area contributed by atoms with Gasteiger partial charge in [0.25, 0.3) is 0 Å². The maximum absolute atomic E-state index is 13.4. The van der Waals surface area contributed by atoms with E-state index in [4.69, 9.17) is 0 Å². The number of nitrogens with zero attached hydrogens (tertiary/aromatic N) is 2. The molecule has 1 heterocycles. The molecule has 2 rings (SSSR count). The Morgan fingerprint density at radius 3 is 2.33 bits per heavy atom. The number of piperidine rings is 1. The van der Waals surface area contributed by atoms with Crippen LogP contribution >= 0.6 is 24.0 Å². The smallest absolute Gasteiger partial charge is 0.356 e. The summed E-state index contributed by atoms with van der Waals surface area (Å²) in [7, 11) is -3.77. The summed E-state index contributed by atoms with van der Waals surface area (Å²) in [5, 5.41) is 6.05. The lowest BCUT2D eigenvalue weighted by Crippen LogP contribution is -2.47. The first-order chi connectivity index (χ1) is 13.5. The van der Waals surface area contributed by atoms with Gasteiger partial charge >= 0.3 is 15.5 Å². The molecule has 172 valence electrons. The Kier molecular flexibility index (Phi) is 9.73. The summed E-state index contributed by atoms with van der Waals surface area (Å²) < 4.78 is 87.6. The van der Waals surface area contributed by atoms with E-state index in [1.54, 1.807) is 6.92 Å². The number of halogens is 6. The summed E-state index contributed by atoms with van der Waals surface area (Å²) >= 11 is 0. The maximum Gasteiger partial charge on any atom is 0.511 e. The van der Waals surface area contributed by atoms with Crippen molar-refractivity contribution in [2.75, 3.05) is 26.7 Å². The Hall–Kier alpha value is -1.22. The number of rotatable bonds is 5. The quantitative estimate of drug-likeness (QED) is 0.247. The van der Waals surface area contributed by atoms with Gasteiger partial charge in [0.05, 0.1) is 6.04 Å². The summed E-state index contributed by atoms with van der Waals surface area (Å²) in [6.07, 6.45) is 0.552. The van der Waals surface area contributed by atoms with Crippen LogP contribution in [-0.4, -0.2) is 50.9 Å². The van der Waals surface area contributed by atoms with E-state index in [1.807, 2.05) is 0 Å². The fourth-order valence-electron chi connectivity index (χ4n) is 3.01. The van der Waals surface area contributed by atoms with Crippen molar-refractivity contribution in [3.8, 4) is 0 Å². The number of guanidine groups is 1. The van der Waals surface area contributed by atoms with Crippen molar-refractivity contribution in [2.24, 2.45) is 10.9 Å². The van der Waals surface area contributed by atoms with Gasteiger partial charge in [-0.25, -0.2) is 17.2 Å². The second-order valence-electron chi connectivity index (χ2n) is 6.79. The minimum absolute atomic E-state index is 0. The Labute approximate surface area is 189 Å². The largest absolute Gasteiger partial charge is 0.511 e. The molecular formula is C17H24F5IN4O2S. The molecule has 0 aliphatic carbocycles. The Morgan fingerprint density at radius 2 is 1.83 bits per heavy atom. The van der Waals surface area contributed by atoms with Gasteiger partial charge in [0, 0.05) is 26.7 Å². The van der Waals surface area contributed by atoms with Crippen molar-refractivity contribution < 1.29 is 30.4 Å². The number of hydrogen-bond acceptors (Lipinski definition) is 3. The molecule has 13 heteroatoms. The maximum atomic E-state index is 13.4. The number of benzene rings is 1. The van der Waals surface area contributed by atoms with Gasteiger partial charge in [0.1, 0.15) is 0 Å². The molecule has 0 aromatic heterocycles. The van der Waals surface area contributed by atoms with Crippen LogP contribution in [0.25, 0.3) is 0 Å². The van der Waals surface area contributed by atoms with Crippen LogP contribution in [0.4, 0.5) is 22.0 Å². The predicted octanol–water partition coefficient (Wildman–Crippen LogP) is 3.37. The lowest BCUT2D eigenvalue weighted by atomic mass is 9.98. The molecule has 1 fully saturated rings. The molecule has 6 nitrogen and oxygen atoms in total. The normalized spacial score (nSPS) is 17.9. The third-order valence-corrected chi connectivity index (χ3v) is 6.41. The van der Waals surface area contributed by atoms with Crippen molar-refractivity contribution in [3.05, 3.63) is 35.4 Å². The van der Waals surface area contributed by atoms with Crippen LogP contribution in [0.15, 0.2) is 23.2 Å². The lowest BCUT2D eigenvalue weighted by Gasteiger charge is -2.32. The zero-order valence-electron chi connectivity index (χ0n) is 16.3. The number of hydrogen-bond donors (Lipinski definition) is 2. The van der Waals surface area contributed by atoms with E-state index in [1.165, 1.54) is 13.1 Å². The molecule has 1 aromatic carbocycles. The lowest BCUT2D eigenvalue weighted by molar-refractivity contribution is -0.0496. The van der Waals surface area contributed by atoms with Crippen LogP contribution in [0.1, 0.15) is 31.4 Å². The van der Waals surface area contributed by atoms with Crippen LogP contribution in [-0.2, 0) is 10.0 Å². The molecule has 1 unspecified atom stereocenters. The summed E-state index contributed by atoms with van der Waals surface area (Å²) in [5.41, 5.74) is -4.78. The monoisotopic (exact) mass is 570 g/mol. The van der Waals surface area contributed by atoms with Gasteiger partial charge in [-0.2, -0.15) is 17.5 Å². The molecule has 1 atom stereocenters. The zero-order chi connectivity index (χ0) is 21.8. The molecule has 0 radical (unpaired) electrons. The minimum atomic E-state index is -5.29. The van der Waals surface area contributed by atoms with Crippen LogP contribution < -0.4 is 10.6 Å². The van der Waals surface area contributed by atoms with Gasteiger partial charge in [-0.15, -0.1) is 24.0 Å². The first kappa shape index (κ1) is 26.8. The molecule has 0 saturated carbocycles. The molecule has 0 bridgehead atoms. The van der Waals surface area contributed by atoms with Crippen LogP contribution in [0.3, 0.4) is 0 Å². The van der Waals surface area contributed by atoms with Crippen molar-refractivity contribution in [1.29, 1.82) is 0 Å². The third kappa shape index (κ3) is 6.64. The van der Waals surface area contributed by atoms with Gasteiger partial charge in [-0.1, -0.05) is 6.07 Å². The van der Waals surface area contributed by atoms with E-state index in [0.717, 1.165) is 12.1 Å². The highest BCUT2D eigenvalue weighted by Crippen LogP contribution is 2.30. The van der Waals surface area contributed by atoms with E-state index >= 15 is 0 Å². The first-order valence-corrected chi connectivity index (χ1v) is 10.4. The number of aliphatic imine (C=N–C) groups is 1. The molecular weight excluding hydrogens is 546 g/mol. The Balaban J connectivity index is 0.00000450. The molecule has 1 aliphatic rings. The van der Waals surface area contributed by atoms with Crippen LogP contribution in [0, 0.1) is 17.6 Å². The summed E-state index contributed by atoms with van der Waals surface area (Å²) in [5.74, 6) is -1.55. The average molecular weight is 570 g/mol. The van der Waals surface area contributed by atoms with Gasteiger partial charge < -0.3 is 10.6 Å².